The molecule has 5 aromatic rings. The number of amides is 1. The number of carbonyl (C=O) groups excluding carboxylic acids is 1. The number of nitrogen functional groups attached to an aromatic ring is 1. The average Bonchev–Trinajstić information content (AvgIpc) is 1.62. The molecule has 0 saturated carbocycles. The molecule has 120 heavy (non-hydrogen) atoms. The van der Waals surface area contributed by atoms with Crippen LogP contribution in [0, 0.1) is 20.8 Å². The normalized spacial score (nSPS) is 30.9. The number of rotatable bonds is 39. The van der Waals surface area contributed by atoms with E-state index in [0.29, 0.717) is 0 Å². The summed E-state index contributed by atoms with van der Waals surface area (Å²) in [5.41, 5.74) is -0.400. The molecule has 5 saturated heterocycles. The summed E-state index contributed by atoms with van der Waals surface area (Å²) < 4.78 is 209. The van der Waals surface area contributed by atoms with Crippen molar-refractivity contribution in [1.29, 1.82) is 0 Å². The number of aliphatic hydroxyl groups excluding tert-OH is 2. The number of nitrogens with one attached hydrogen (secondary N) is 5. The van der Waals surface area contributed by atoms with Crippen LogP contribution in [0.15, 0.2) is 70.3 Å². The molecule has 9 N–H and O–H groups in total. The van der Waals surface area contributed by atoms with Crippen molar-refractivity contribution in [3.8, 4) is 0 Å². The van der Waals surface area contributed by atoms with Gasteiger partial charge >= 0.3 is 57.9 Å². The minimum absolute atomic E-state index is 0.00877. The molecule has 670 valence electrons. The van der Waals surface area contributed by atoms with E-state index in [4.69, 9.17) is 97.9 Å². The Morgan fingerprint density at radius 3 is 1.28 bits per heavy atom. The van der Waals surface area contributed by atoms with E-state index in [2.05, 4.69) is 109 Å². The second-order valence-electron chi connectivity index (χ2n) is 27.7. The summed E-state index contributed by atoms with van der Waals surface area (Å²) in [7, 11) is 3.39. The minimum Gasteiger partial charge on any atom is -0.396 e. The molecule has 5 fully saturated rings. The second-order valence-corrected chi connectivity index (χ2v) is 45.0. The number of methoxy groups -OCH3 is 3. The number of thiol groups is 6. The molecule has 6 aliphatic rings. The lowest BCUT2D eigenvalue weighted by molar-refractivity contribution is -0.142. The second kappa shape index (κ2) is 39.6. The number of aromatic nitrogens is 10. The lowest BCUT2D eigenvalue weighted by Crippen LogP contribution is -2.53. The predicted octanol–water partition coefficient (Wildman–Crippen LogP) is 3.09. The summed E-state index contributed by atoms with van der Waals surface area (Å²) in [5.74, 6) is -0.926. The van der Waals surface area contributed by atoms with Crippen molar-refractivity contribution in [2.24, 2.45) is 0 Å². The van der Waals surface area contributed by atoms with Gasteiger partial charge in [0.15, 0.2) is 29.8 Å². The van der Waals surface area contributed by atoms with Crippen molar-refractivity contribution in [2.45, 2.75) is 184 Å². The largest absolute Gasteiger partial charge is 0.396 e. The van der Waals surface area contributed by atoms with Crippen molar-refractivity contribution in [3.05, 3.63) is 126 Å². The topological polar surface area (TPSA) is 614 Å². The number of carbonyl (C=O) groups is 1. The van der Waals surface area contributed by atoms with Crippen LogP contribution in [0.25, 0.3) is 11.2 Å². The maximum atomic E-state index is 15.1. The average molecular weight is 1930 g/mol. The Morgan fingerprint density at radius 2 is 0.883 bits per heavy atom. The maximum Gasteiger partial charge on any atom is 0.386 e. The zero-order chi connectivity index (χ0) is 87.8. The van der Waals surface area contributed by atoms with E-state index in [-0.39, 0.29) is 71.9 Å². The highest BCUT2D eigenvalue weighted by atomic mass is 32.7. The Labute approximate surface area is 709 Å². The molecular weight excluding hydrogens is 1840 g/mol. The van der Waals surface area contributed by atoms with Crippen LogP contribution in [0.1, 0.15) is 81.6 Å². The molecule has 1 amide bonds. The highest BCUT2D eigenvalue weighted by Crippen LogP contribution is 2.63. The van der Waals surface area contributed by atoms with Gasteiger partial charge in [-0.05, 0) is 48.0 Å². The number of H-pyrrole nitrogens is 4. The zero-order valence-corrected chi connectivity index (χ0v) is 75.1. The van der Waals surface area contributed by atoms with Gasteiger partial charge in [0.25, 0.3) is 28.1 Å². The summed E-state index contributed by atoms with van der Waals surface area (Å²) in [4.78, 5) is 122. The number of anilines is 1. The van der Waals surface area contributed by atoms with Crippen molar-refractivity contribution >= 4 is 137 Å². The maximum absolute atomic E-state index is 15.1. The number of hydrogen-bond acceptors (Lipinski definition) is 40. The first-order chi connectivity index (χ1) is 56.2. The standard InChI is InChI=1S/C59H87N13O36P6S6/c1-25(2)103-110(84,116)93-19-33-31(14-38(99-33)72-24-61-39-46(72)62-55(60)63-51(39)78)105-111(85,117)94-20-32-30(13-37(98-32)68-15-26(3)47(74)64-56(68)79)104-112(86,118)95-21-34-41(44(90-8)53(100-34)70-17-28(5)49(76)66-58(70)81)107-114(88,120)97-23-36-42(45(91-9)54(102-36)71-18-29(6)50(77)67-59(71)82)108-113(87,119)96-22-35-40(106-109(83,115)92-12-10-11-73)43(89-7)52(101-35)69-16-27(4)48(75)65-57(69)80/h15-18,24-25,30-38,40-45,52-54,56,73,79H,10-14,19-23H2,1-9H3,(H,64,74)(H,83,115)(H,84,116)(H,85,117)(H,86,118)(H,87,119)(H,88,120)(H,65,75,80)(H,66,76,81)(H,67,77,82)(H3,60,62,63,78)/t30?,31?,32-,33-,34-,35-,36-,37-,38-,40?,41?,42?,43?,44?,45?,52-,53-,54-,56?,109?,110?,111?,112?,113?,114?/m1/s1. The molecule has 15 unspecified atom stereocenters. The quantitative estimate of drug-likeness (QED) is 0.0153. The van der Waals surface area contributed by atoms with Gasteiger partial charge in [0.2, 0.25) is 12.3 Å². The van der Waals surface area contributed by atoms with Crippen LogP contribution in [0.3, 0.4) is 0 Å². The summed E-state index contributed by atoms with van der Waals surface area (Å²) in [6.45, 7) is -24.6. The Kier molecular flexibility index (Phi) is 31.8. The van der Waals surface area contributed by atoms with Gasteiger partial charge in [-0.2, -0.15) is 4.98 Å². The van der Waals surface area contributed by atoms with Gasteiger partial charge in [-0.1, -0.05) is 73.5 Å². The highest BCUT2D eigenvalue weighted by Gasteiger charge is 2.56. The number of aryl methyl sites for hydroxylation is 3. The lowest BCUT2D eigenvalue weighted by Gasteiger charge is -2.35. The van der Waals surface area contributed by atoms with Crippen LogP contribution in [-0.4, -0.2) is 235 Å². The van der Waals surface area contributed by atoms with Gasteiger partial charge in [-0.3, -0.25) is 112 Å². The van der Waals surface area contributed by atoms with Gasteiger partial charge < -0.3 is 68.6 Å². The third-order valence-corrected chi connectivity index (χ3v) is 28.8. The van der Waals surface area contributed by atoms with Crippen LogP contribution < -0.4 is 50.4 Å². The van der Waals surface area contributed by atoms with E-state index in [1.807, 2.05) is 0 Å². The Hall–Kier alpha value is -4.20. The smallest absolute Gasteiger partial charge is 0.386 e. The molecule has 0 aromatic carbocycles. The first-order valence-corrected chi connectivity index (χ1v) is 51.9. The van der Waals surface area contributed by atoms with Gasteiger partial charge in [-0.25, -0.2) is 46.8 Å². The first kappa shape index (κ1) is 96.4. The van der Waals surface area contributed by atoms with Crippen LogP contribution in [0.5, 0.6) is 0 Å². The van der Waals surface area contributed by atoms with Crippen LogP contribution >= 0.6 is 114 Å². The number of nitrogens with two attached hydrogens (primary N) is 1. The predicted molar refractivity (Wildman–Crippen MR) is 434 cm³/mol. The highest BCUT2D eigenvalue weighted by molar-refractivity contribution is 8.46. The first-order valence-electron chi connectivity index (χ1n) is 35.8. The Bertz CT molecular complexity index is 5370. The molecule has 25 atom stereocenters. The Morgan fingerprint density at radius 1 is 0.508 bits per heavy atom. The SMILES string of the molecule is COC1C(OP(=O)(S)OC[C@H]2O[C@@H](n3cc(C)c(=O)[nH]c3=O)C(OC)C2OP(=O)(S)OC[C@H]2O[C@@H](n3cc(C)c(=O)[nH]c3=O)C(OC)C2OP(=O)(S)OCCCO)[C@@H](COP(=O)(S)OC2C[C@H](N3C=C(C)C(=O)NC3O)O[C@@H]2COP(=O)(S)OC2C[C@H](n3cnc4c(=O)[nH]c(N)nc43)O[C@@H]2COP(=O)(S)OC(C)C)O[C@H]1n1cc(C)c(=O)[nH]c1=O. The lowest BCUT2D eigenvalue weighted by atomic mass is 10.1. The molecule has 0 bridgehead atoms. The molecule has 61 heteroatoms. The minimum atomic E-state index is -5.09. The van der Waals surface area contributed by atoms with Crippen LogP contribution in [0.4, 0.5) is 5.95 Å². The summed E-state index contributed by atoms with van der Waals surface area (Å²) >= 11 is 25.3. The summed E-state index contributed by atoms with van der Waals surface area (Å²) in [5, 5.41) is 22.8. The molecule has 11 rings (SSSR count). The number of nitrogens with zero attached hydrogens (tertiary/aromatic N) is 7. The summed E-state index contributed by atoms with van der Waals surface area (Å²) in [6.07, 6.45) is -25.0. The molecule has 6 aliphatic heterocycles. The van der Waals surface area contributed by atoms with Crippen molar-refractivity contribution in [2.75, 3.05) is 73.3 Å². The fourth-order valence-electron chi connectivity index (χ4n) is 13.3. The number of hydrogen-bond donors (Lipinski definition) is 14. The van der Waals surface area contributed by atoms with E-state index in [0.717, 1.165) is 51.4 Å². The molecule has 0 radical (unpaired) electrons. The number of aromatic amines is 4. The monoisotopic (exact) mass is 1930 g/mol. The number of aliphatic hydroxyl groups is 2. The third kappa shape index (κ3) is 23.4. The van der Waals surface area contributed by atoms with E-state index in [1.165, 1.54) is 51.9 Å². The van der Waals surface area contributed by atoms with E-state index in [9.17, 15) is 71.4 Å². The van der Waals surface area contributed by atoms with Crippen molar-refractivity contribution in [3.63, 3.8) is 0 Å². The van der Waals surface area contributed by atoms with E-state index in [1.54, 1.807) is 13.8 Å². The zero-order valence-electron chi connectivity index (χ0n) is 64.4. The molecule has 11 heterocycles. The molecule has 0 aliphatic carbocycles. The fourth-order valence-corrected chi connectivity index (χ4v) is 22.6. The van der Waals surface area contributed by atoms with Crippen LogP contribution in [-0.2, 0) is 124 Å². The molecular formula is C59H87N13O36P6S6. The van der Waals surface area contributed by atoms with Gasteiger partial charge in [-0.15, -0.1) is 0 Å². The summed E-state index contributed by atoms with van der Waals surface area (Å²) in [6, 6.07) is 0. The van der Waals surface area contributed by atoms with E-state index >= 15 is 4.57 Å². The number of imidazole rings is 1. The molecule has 49 nitrogen and oxygen atoms in total. The van der Waals surface area contributed by atoms with Crippen molar-refractivity contribution < 1.29 is 135 Å². The van der Waals surface area contributed by atoms with Crippen molar-refractivity contribution in [1.82, 2.24) is 58.4 Å². The molecule has 0 spiro atoms. The molecule has 5 aromatic heterocycles. The van der Waals surface area contributed by atoms with Gasteiger partial charge in [0.05, 0.1) is 52.1 Å². The number of ether oxygens (including phenoxy) is 8. The fraction of sp³-hybridized carbons (Fsp3) is 0.661. The number of fused-ring (bicyclic) bond motifs is 1. The van der Waals surface area contributed by atoms with Gasteiger partial charge in [0.1, 0.15) is 91.8 Å². The Balaban J connectivity index is 0.834. The van der Waals surface area contributed by atoms with Gasteiger partial charge in [0, 0.05) is 87.8 Å². The van der Waals surface area contributed by atoms with E-state index < -0.39 is 242 Å². The van der Waals surface area contributed by atoms with Crippen LogP contribution in [0.2, 0.25) is 0 Å². The third-order valence-electron chi connectivity index (χ3n) is 18.8.